The molecular formula is C13H23N3O3. The molecule has 6 heteroatoms. The van der Waals surface area contributed by atoms with Gasteiger partial charge in [0.05, 0.1) is 0 Å². The van der Waals surface area contributed by atoms with Crippen molar-refractivity contribution in [3.8, 4) is 0 Å². The lowest BCUT2D eigenvalue weighted by molar-refractivity contribution is -0.138. The van der Waals surface area contributed by atoms with E-state index in [2.05, 4.69) is 10.2 Å². The van der Waals surface area contributed by atoms with Gasteiger partial charge in [-0.05, 0) is 39.3 Å². The lowest BCUT2D eigenvalue weighted by Gasteiger charge is -2.32. The summed E-state index contributed by atoms with van der Waals surface area (Å²) in [5, 5.41) is 11.3. The first kappa shape index (κ1) is 14.1. The first-order valence-corrected chi connectivity index (χ1v) is 7.10. The molecule has 2 aliphatic heterocycles. The maximum absolute atomic E-state index is 11.9. The molecule has 1 unspecified atom stereocenters. The maximum atomic E-state index is 11.9. The number of carbonyl (C=O) groups is 2. The van der Waals surface area contributed by atoms with Gasteiger partial charge in [0, 0.05) is 19.1 Å². The van der Waals surface area contributed by atoms with Crippen molar-refractivity contribution in [2.45, 2.75) is 44.7 Å². The molecule has 0 aromatic heterocycles. The fourth-order valence-corrected chi connectivity index (χ4v) is 2.85. The minimum atomic E-state index is -1.000. The van der Waals surface area contributed by atoms with E-state index in [9.17, 15) is 9.59 Å². The maximum Gasteiger partial charge on any atom is 0.325 e. The standard InChI is InChI=1S/C13H23N3O3/c1-10(12(17)18)14-13(19)16-8-5-11(9-16)15-6-3-2-4-7-15/h10-11H,2-9H2,1H3,(H,14,19)(H,17,18)/t10-,11?/m1/s1. The van der Waals surface area contributed by atoms with Gasteiger partial charge in [-0.3, -0.25) is 9.69 Å². The molecule has 2 N–H and O–H groups in total. The van der Waals surface area contributed by atoms with Crippen LogP contribution in [0.4, 0.5) is 4.79 Å². The summed E-state index contributed by atoms with van der Waals surface area (Å²) >= 11 is 0. The summed E-state index contributed by atoms with van der Waals surface area (Å²) in [5.41, 5.74) is 0. The van der Waals surface area contributed by atoms with Crippen molar-refractivity contribution in [1.82, 2.24) is 15.1 Å². The Hall–Kier alpha value is -1.30. The highest BCUT2D eigenvalue weighted by molar-refractivity contribution is 5.82. The molecule has 19 heavy (non-hydrogen) atoms. The molecule has 0 saturated carbocycles. The summed E-state index contributed by atoms with van der Waals surface area (Å²) in [4.78, 5) is 26.8. The van der Waals surface area contributed by atoms with E-state index in [4.69, 9.17) is 5.11 Å². The predicted octanol–water partition coefficient (Wildman–Crippen LogP) is 0.729. The predicted molar refractivity (Wildman–Crippen MR) is 71.0 cm³/mol. The second-order valence-corrected chi connectivity index (χ2v) is 5.49. The third kappa shape index (κ3) is 3.59. The van der Waals surface area contributed by atoms with Gasteiger partial charge in [0.15, 0.2) is 0 Å². The molecule has 0 aliphatic carbocycles. The van der Waals surface area contributed by atoms with Crippen LogP contribution in [0.1, 0.15) is 32.6 Å². The van der Waals surface area contributed by atoms with Crippen LogP contribution in [0.5, 0.6) is 0 Å². The number of amides is 2. The number of rotatable bonds is 3. The molecule has 2 saturated heterocycles. The first-order chi connectivity index (χ1) is 9.08. The minimum absolute atomic E-state index is 0.255. The highest BCUT2D eigenvalue weighted by atomic mass is 16.4. The fourth-order valence-electron chi connectivity index (χ4n) is 2.85. The molecule has 0 spiro atoms. The van der Waals surface area contributed by atoms with Crippen LogP contribution in [0.2, 0.25) is 0 Å². The van der Waals surface area contributed by atoms with Gasteiger partial charge in [0.2, 0.25) is 0 Å². The Balaban J connectivity index is 1.80. The Morgan fingerprint density at radius 1 is 1.21 bits per heavy atom. The van der Waals surface area contributed by atoms with Crippen molar-refractivity contribution < 1.29 is 14.7 Å². The normalized spacial score (nSPS) is 26.2. The highest BCUT2D eigenvalue weighted by Gasteiger charge is 2.31. The van der Waals surface area contributed by atoms with Crippen molar-refractivity contribution in [2.24, 2.45) is 0 Å². The Bertz CT molecular complexity index is 342. The van der Waals surface area contributed by atoms with E-state index in [0.29, 0.717) is 6.04 Å². The summed E-state index contributed by atoms with van der Waals surface area (Å²) in [5.74, 6) is -1.000. The van der Waals surface area contributed by atoms with E-state index in [-0.39, 0.29) is 6.03 Å². The molecule has 2 fully saturated rings. The lowest BCUT2D eigenvalue weighted by Crippen LogP contribution is -2.47. The number of likely N-dealkylation sites (tertiary alicyclic amines) is 2. The molecule has 2 atom stereocenters. The van der Waals surface area contributed by atoms with Crippen LogP contribution < -0.4 is 5.32 Å². The summed E-state index contributed by atoms with van der Waals surface area (Å²) in [6.07, 6.45) is 4.80. The van der Waals surface area contributed by atoms with Crippen LogP contribution in [0.15, 0.2) is 0 Å². The van der Waals surface area contributed by atoms with E-state index in [1.165, 1.54) is 26.2 Å². The second kappa shape index (κ2) is 6.23. The topological polar surface area (TPSA) is 72.9 Å². The number of aliphatic carboxylic acids is 1. The van der Waals surface area contributed by atoms with Crippen LogP contribution in [0.3, 0.4) is 0 Å². The van der Waals surface area contributed by atoms with Crippen LogP contribution >= 0.6 is 0 Å². The molecule has 0 bridgehead atoms. The molecule has 0 aromatic rings. The zero-order chi connectivity index (χ0) is 13.8. The van der Waals surface area contributed by atoms with Crippen molar-refractivity contribution in [1.29, 1.82) is 0 Å². The Kier molecular flexibility index (Phi) is 4.63. The molecule has 108 valence electrons. The van der Waals surface area contributed by atoms with Crippen LogP contribution in [0.25, 0.3) is 0 Å². The highest BCUT2D eigenvalue weighted by Crippen LogP contribution is 2.20. The third-order valence-corrected chi connectivity index (χ3v) is 4.07. The van der Waals surface area contributed by atoms with Gasteiger partial charge in [0.1, 0.15) is 6.04 Å². The van der Waals surface area contributed by atoms with Gasteiger partial charge in [-0.2, -0.15) is 0 Å². The number of urea groups is 1. The molecule has 6 nitrogen and oxygen atoms in total. The van der Waals surface area contributed by atoms with Gasteiger partial charge in [-0.15, -0.1) is 0 Å². The summed E-state index contributed by atoms with van der Waals surface area (Å²) < 4.78 is 0. The molecule has 2 amide bonds. The number of carboxylic acid groups (broad SMARTS) is 1. The monoisotopic (exact) mass is 269 g/mol. The fraction of sp³-hybridized carbons (Fsp3) is 0.846. The van der Waals surface area contributed by atoms with Crippen molar-refractivity contribution in [2.75, 3.05) is 26.2 Å². The smallest absolute Gasteiger partial charge is 0.325 e. The zero-order valence-electron chi connectivity index (χ0n) is 11.5. The number of nitrogens with one attached hydrogen (secondary N) is 1. The average Bonchev–Trinajstić information content (AvgIpc) is 2.89. The molecule has 2 heterocycles. The van der Waals surface area contributed by atoms with Crippen molar-refractivity contribution in [3.05, 3.63) is 0 Å². The Morgan fingerprint density at radius 2 is 1.89 bits per heavy atom. The second-order valence-electron chi connectivity index (χ2n) is 5.49. The molecule has 2 aliphatic rings. The summed E-state index contributed by atoms with van der Waals surface area (Å²) in [6, 6.07) is -0.637. The zero-order valence-corrected chi connectivity index (χ0v) is 11.5. The van der Waals surface area contributed by atoms with E-state index in [1.54, 1.807) is 4.90 Å². The number of hydrogen-bond acceptors (Lipinski definition) is 3. The van der Waals surface area contributed by atoms with E-state index >= 15 is 0 Å². The van der Waals surface area contributed by atoms with Gasteiger partial charge in [-0.25, -0.2) is 4.79 Å². The molecule has 0 radical (unpaired) electrons. The van der Waals surface area contributed by atoms with Crippen LogP contribution in [-0.2, 0) is 4.79 Å². The van der Waals surface area contributed by atoms with E-state index in [1.807, 2.05) is 0 Å². The van der Waals surface area contributed by atoms with Crippen molar-refractivity contribution >= 4 is 12.0 Å². The Labute approximate surface area is 113 Å². The van der Waals surface area contributed by atoms with E-state index < -0.39 is 12.0 Å². The molecule has 2 rings (SSSR count). The SMILES string of the molecule is C[C@@H](NC(=O)N1CCC(N2CCCCC2)C1)C(=O)O. The number of hydrogen-bond donors (Lipinski definition) is 2. The lowest BCUT2D eigenvalue weighted by atomic mass is 10.1. The minimum Gasteiger partial charge on any atom is -0.480 e. The quantitative estimate of drug-likeness (QED) is 0.792. The average molecular weight is 269 g/mol. The largest absolute Gasteiger partial charge is 0.480 e. The molecular weight excluding hydrogens is 246 g/mol. The summed E-state index contributed by atoms with van der Waals surface area (Å²) in [6.45, 7) is 5.19. The Morgan fingerprint density at radius 3 is 2.53 bits per heavy atom. The first-order valence-electron chi connectivity index (χ1n) is 7.10. The summed E-state index contributed by atoms with van der Waals surface area (Å²) in [7, 11) is 0. The van der Waals surface area contributed by atoms with Crippen LogP contribution in [0, 0.1) is 0 Å². The third-order valence-electron chi connectivity index (χ3n) is 4.07. The number of piperidine rings is 1. The molecule has 0 aromatic carbocycles. The van der Waals surface area contributed by atoms with Crippen LogP contribution in [-0.4, -0.2) is 65.2 Å². The van der Waals surface area contributed by atoms with Gasteiger partial charge in [-0.1, -0.05) is 6.42 Å². The van der Waals surface area contributed by atoms with Gasteiger partial charge in [0.25, 0.3) is 0 Å². The van der Waals surface area contributed by atoms with Crippen molar-refractivity contribution in [3.63, 3.8) is 0 Å². The van der Waals surface area contributed by atoms with Gasteiger partial charge >= 0.3 is 12.0 Å². The van der Waals surface area contributed by atoms with E-state index in [0.717, 1.165) is 32.6 Å². The number of carbonyl (C=O) groups excluding carboxylic acids is 1. The number of nitrogens with zero attached hydrogens (tertiary/aromatic N) is 2. The van der Waals surface area contributed by atoms with Gasteiger partial charge < -0.3 is 15.3 Å². The number of carboxylic acids is 1.